The van der Waals surface area contributed by atoms with Gasteiger partial charge in [0.15, 0.2) is 0 Å². The molecule has 1 saturated carbocycles. The summed E-state index contributed by atoms with van der Waals surface area (Å²) in [5, 5.41) is 3.04. The maximum absolute atomic E-state index is 12.4. The van der Waals surface area contributed by atoms with Gasteiger partial charge in [-0.25, -0.2) is 0 Å². The molecule has 2 aliphatic rings. The average molecular weight is 394 g/mol. The molecule has 27 heavy (non-hydrogen) atoms. The van der Waals surface area contributed by atoms with Crippen molar-refractivity contribution >= 4 is 29.9 Å². The largest absolute Gasteiger partial charge is 0.352 e. The number of piperidine rings is 1. The van der Waals surface area contributed by atoms with Gasteiger partial charge in [-0.05, 0) is 55.3 Å². The first-order valence-electron chi connectivity index (χ1n) is 9.98. The number of hydrogen-bond donors (Lipinski definition) is 2. The Labute approximate surface area is 168 Å². The van der Waals surface area contributed by atoms with Crippen molar-refractivity contribution in [1.82, 2.24) is 5.32 Å². The van der Waals surface area contributed by atoms with Crippen molar-refractivity contribution in [1.29, 1.82) is 0 Å². The second-order valence-corrected chi connectivity index (χ2v) is 7.89. The Morgan fingerprint density at radius 2 is 1.78 bits per heavy atom. The molecule has 0 aromatic heterocycles. The summed E-state index contributed by atoms with van der Waals surface area (Å²) in [6.45, 7) is 1.92. The van der Waals surface area contributed by atoms with Crippen molar-refractivity contribution in [3.8, 4) is 0 Å². The van der Waals surface area contributed by atoms with Crippen LogP contribution in [0, 0.1) is 5.41 Å². The first-order chi connectivity index (χ1) is 12.6. The van der Waals surface area contributed by atoms with Gasteiger partial charge >= 0.3 is 0 Å². The number of amides is 2. The normalized spacial score (nSPS) is 19.3. The zero-order valence-electron chi connectivity index (χ0n) is 16.0. The predicted octanol–water partition coefficient (Wildman–Crippen LogP) is 3.54. The van der Waals surface area contributed by atoms with Crippen molar-refractivity contribution in [3.05, 3.63) is 29.8 Å². The first-order valence-corrected chi connectivity index (χ1v) is 9.98. The monoisotopic (exact) mass is 393 g/mol. The Morgan fingerprint density at radius 3 is 2.41 bits per heavy atom. The van der Waals surface area contributed by atoms with Crippen molar-refractivity contribution in [2.45, 2.75) is 64.3 Å². The quantitative estimate of drug-likeness (QED) is 0.776. The minimum Gasteiger partial charge on any atom is -0.352 e. The Balaban J connectivity index is 0.00000261. The van der Waals surface area contributed by atoms with Gasteiger partial charge in [0, 0.05) is 31.6 Å². The van der Waals surface area contributed by atoms with E-state index in [0.717, 1.165) is 43.5 Å². The van der Waals surface area contributed by atoms with Gasteiger partial charge in [-0.3, -0.25) is 9.59 Å². The summed E-state index contributed by atoms with van der Waals surface area (Å²) in [5.41, 5.74) is 7.99. The molecule has 1 aliphatic heterocycles. The SMILES string of the molecule is Cl.NCC1(CC(=O)NCc2ccc(N3CCCCC3=O)cc2)CCCCC1. The summed E-state index contributed by atoms with van der Waals surface area (Å²) in [6, 6.07) is 7.95. The molecule has 0 spiro atoms. The third-order valence-electron chi connectivity index (χ3n) is 5.94. The number of carbonyl (C=O) groups excluding carboxylic acids is 2. The minimum atomic E-state index is 0. The molecule has 0 atom stereocenters. The highest BCUT2D eigenvalue weighted by Crippen LogP contribution is 2.38. The van der Waals surface area contributed by atoms with Crippen LogP contribution in [0.4, 0.5) is 5.69 Å². The fourth-order valence-electron chi connectivity index (χ4n) is 4.23. The predicted molar refractivity (Wildman–Crippen MR) is 111 cm³/mol. The maximum atomic E-state index is 12.4. The molecule has 0 unspecified atom stereocenters. The zero-order valence-corrected chi connectivity index (χ0v) is 16.9. The molecule has 1 aliphatic carbocycles. The lowest BCUT2D eigenvalue weighted by Crippen LogP contribution is -2.38. The highest BCUT2D eigenvalue weighted by atomic mass is 35.5. The van der Waals surface area contributed by atoms with E-state index in [2.05, 4.69) is 5.32 Å². The van der Waals surface area contributed by atoms with E-state index in [1.165, 1.54) is 19.3 Å². The van der Waals surface area contributed by atoms with Crippen LogP contribution in [0.3, 0.4) is 0 Å². The summed E-state index contributed by atoms with van der Waals surface area (Å²) in [5.74, 6) is 0.296. The average Bonchev–Trinajstić information content (AvgIpc) is 2.68. The van der Waals surface area contributed by atoms with Crippen LogP contribution < -0.4 is 16.0 Å². The lowest BCUT2D eigenvalue weighted by molar-refractivity contribution is -0.124. The third-order valence-corrected chi connectivity index (χ3v) is 5.94. The molecule has 3 rings (SSSR count). The number of benzene rings is 1. The van der Waals surface area contributed by atoms with Crippen LogP contribution in [0.5, 0.6) is 0 Å². The summed E-state index contributed by atoms with van der Waals surface area (Å²) in [4.78, 5) is 26.2. The molecule has 0 radical (unpaired) electrons. The third kappa shape index (κ3) is 5.69. The molecule has 150 valence electrons. The summed E-state index contributed by atoms with van der Waals surface area (Å²) in [6.07, 6.45) is 8.98. The van der Waals surface area contributed by atoms with Crippen LogP contribution in [0.15, 0.2) is 24.3 Å². The molecule has 1 aromatic carbocycles. The van der Waals surface area contributed by atoms with E-state index in [-0.39, 0.29) is 29.6 Å². The smallest absolute Gasteiger partial charge is 0.226 e. The number of halogens is 1. The van der Waals surface area contributed by atoms with Crippen molar-refractivity contribution < 1.29 is 9.59 Å². The van der Waals surface area contributed by atoms with Gasteiger partial charge in [0.25, 0.3) is 0 Å². The van der Waals surface area contributed by atoms with Crippen molar-refractivity contribution in [3.63, 3.8) is 0 Å². The molecule has 1 aromatic rings. The van der Waals surface area contributed by atoms with Gasteiger partial charge in [-0.1, -0.05) is 31.4 Å². The van der Waals surface area contributed by atoms with Crippen molar-refractivity contribution in [2.75, 3.05) is 18.0 Å². The number of nitrogens with one attached hydrogen (secondary N) is 1. The van der Waals surface area contributed by atoms with E-state index in [0.29, 0.717) is 25.9 Å². The first kappa shape index (κ1) is 21.7. The number of nitrogens with two attached hydrogens (primary N) is 1. The number of hydrogen-bond acceptors (Lipinski definition) is 3. The Morgan fingerprint density at radius 1 is 1.07 bits per heavy atom. The number of rotatable bonds is 6. The molecule has 1 saturated heterocycles. The topological polar surface area (TPSA) is 75.4 Å². The standard InChI is InChI=1S/C21H31N3O2.ClH/c22-16-21(11-3-1-4-12-21)14-19(25)23-15-17-7-9-18(10-8-17)24-13-5-2-6-20(24)26;/h7-10H,1-6,11-16,22H2,(H,23,25);1H. The summed E-state index contributed by atoms with van der Waals surface area (Å²) in [7, 11) is 0. The van der Waals surface area contributed by atoms with E-state index in [1.807, 2.05) is 29.2 Å². The molecule has 2 fully saturated rings. The van der Waals surface area contributed by atoms with Gasteiger partial charge < -0.3 is 16.0 Å². The number of anilines is 1. The van der Waals surface area contributed by atoms with Gasteiger partial charge in [-0.15, -0.1) is 12.4 Å². The van der Waals surface area contributed by atoms with E-state index in [4.69, 9.17) is 5.73 Å². The summed E-state index contributed by atoms with van der Waals surface area (Å²) < 4.78 is 0. The zero-order chi connectivity index (χ0) is 18.4. The molecule has 5 nitrogen and oxygen atoms in total. The van der Waals surface area contributed by atoms with Crippen LogP contribution in [0.1, 0.15) is 63.4 Å². The van der Waals surface area contributed by atoms with Crippen LogP contribution in [0.25, 0.3) is 0 Å². The second kappa shape index (κ2) is 10.1. The minimum absolute atomic E-state index is 0. The van der Waals surface area contributed by atoms with E-state index in [9.17, 15) is 9.59 Å². The van der Waals surface area contributed by atoms with E-state index >= 15 is 0 Å². The van der Waals surface area contributed by atoms with Gasteiger partial charge in [-0.2, -0.15) is 0 Å². The molecule has 1 heterocycles. The summed E-state index contributed by atoms with van der Waals surface area (Å²) >= 11 is 0. The highest BCUT2D eigenvalue weighted by Gasteiger charge is 2.32. The van der Waals surface area contributed by atoms with E-state index < -0.39 is 0 Å². The lowest BCUT2D eigenvalue weighted by Gasteiger charge is -2.35. The molecule has 0 bridgehead atoms. The Bertz CT molecular complexity index is 627. The number of carbonyl (C=O) groups is 2. The highest BCUT2D eigenvalue weighted by molar-refractivity contribution is 5.93. The van der Waals surface area contributed by atoms with Crippen LogP contribution in [-0.2, 0) is 16.1 Å². The molecule has 3 N–H and O–H groups in total. The van der Waals surface area contributed by atoms with Crippen molar-refractivity contribution in [2.24, 2.45) is 11.1 Å². The maximum Gasteiger partial charge on any atom is 0.226 e. The Hall–Kier alpha value is -1.59. The van der Waals surface area contributed by atoms with Gasteiger partial charge in [0.05, 0.1) is 0 Å². The molecule has 6 heteroatoms. The van der Waals surface area contributed by atoms with Crippen LogP contribution >= 0.6 is 12.4 Å². The van der Waals surface area contributed by atoms with Gasteiger partial charge in [0.2, 0.25) is 11.8 Å². The van der Waals surface area contributed by atoms with Crippen LogP contribution in [-0.4, -0.2) is 24.9 Å². The fourth-order valence-corrected chi connectivity index (χ4v) is 4.23. The molecule has 2 amide bonds. The number of nitrogens with zero attached hydrogens (tertiary/aromatic N) is 1. The molecular weight excluding hydrogens is 362 g/mol. The van der Waals surface area contributed by atoms with Crippen LogP contribution in [0.2, 0.25) is 0 Å². The fraction of sp³-hybridized carbons (Fsp3) is 0.619. The van der Waals surface area contributed by atoms with E-state index in [1.54, 1.807) is 0 Å². The lowest BCUT2D eigenvalue weighted by atomic mass is 9.71. The van der Waals surface area contributed by atoms with Gasteiger partial charge in [0.1, 0.15) is 0 Å². The second-order valence-electron chi connectivity index (χ2n) is 7.89. The molecular formula is C21H32ClN3O2. The Kier molecular flexibility index (Phi) is 8.11.